The van der Waals surface area contributed by atoms with Crippen LogP contribution in [-0.4, -0.2) is 44.7 Å². The Morgan fingerprint density at radius 3 is 2.62 bits per heavy atom. The van der Waals surface area contributed by atoms with Crippen molar-refractivity contribution in [1.29, 1.82) is 0 Å². The standard InChI is InChI=1S/C16H25N3O2/c1-3-13(2)18-16(20)12-21-15-6-4-14(5-7-15)19-10-8-17-9-11-19/h4-7,13,17H,3,8-12H2,1-2H3,(H,18,20). The van der Waals surface area contributed by atoms with Crippen molar-refractivity contribution in [3.05, 3.63) is 24.3 Å². The fraction of sp³-hybridized carbons (Fsp3) is 0.562. The molecule has 1 amide bonds. The second kappa shape index (κ2) is 7.88. The van der Waals surface area contributed by atoms with E-state index in [1.54, 1.807) is 0 Å². The van der Waals surface area contributed by atoms with E-state index in [0.29, 0.717) is 0 Å². The number of nitrogens with zero attached hydrogens (tertiary/aromatic N) is 1. The third-order valence-electron chi connectivity index (χ3n) is 3.71. The number of benzene rings is 1. The lowest BCUT2D eigenvalue weighted by molar-refractivity contribution is -0.123. The highest BCUT2D eigenvalue weighted by Crippen LogP contribution is 2.19. The van der Waals surface area contributed by atoms with Gasteiger partial charge in [0.1, 0.15) is 5.75 Å². The second-order valence-corrected chi connectivity index (χ2v) is 5.40. The van der Waals surface area contributed by atoms with Crippen molar-refractivity contribution in [2.75, 3.05) is 37.7 Å². The molecule has 1 atom stereocenters. The minimum absolute atomic E-state index is 0.0668. The van der Waals surface area contributed by atoms with Gasteiger partial charge in [0.25, 0.3) is 5.91 Å². The Labute approximate surface area is 126 Å². The summed E-state index contributed by atoms with van der Waals surface area (Å²) in [7, 11) is 0. The summed E-state index contributed by atoms with van der Waals surface area (Å²) >= 11 is 0. The van der Waals surface area contributed by atoms with Crippen LogP contribution >= 0.6 is 0 Å². The third-order valence-corrected chi connectivity index (χ3v) is 3.71. The molecule has 2 N–H and O–H groups in total. The highest BCUT2D eigenvalue weighted by Gasteiger charge is 2.10. The van der Waals surface area contributed by atoms with Crippen LogP contribution in [0.15, 0.2) is 24.3 Å². The summed E-state index contributed by atoms with van der Waals surface area (Å²) in [5.74, 6) is 0.656. The molecule has 0 saturated carbocycles. The molecule has 1 aliphatic heterocycles. The quantitative estimate of drug-likeness (QED) is 0.831. The Kier molecular flexibility index (Phi) is 5.87. The van der Waals surface area contributed by atoms with E-state index < -0.39 is 0 Å². The van der Waals surface area contributed by atoms with Gasteiger partial charge in [0.15, 0.2) is 6.61 Å². The van der Waals surface area contributed by atoms with E-state index >= 15 is 0 Å². The van der Waals surface area contributed by atoms with Gasteiger partial charge in [-0.2, -0.15) is 0 Å². The van der Waals surface area contributed by atoms with Gasteiger partial charge in [0.2, 0.25) is 0 Å². The normalized spacial score (nSPS) is 16.4. The maximum atomic E-state index is 11.6. The number of nitrogens with one attached hydrogen (secondary N) is 2. The van der Waals surface area contributed by atoms with Gasteiger partial charge in [-0.15, -0.1) is 0 Å². The topological polar surface area (TPSA) is 53.6 Å². The summed E-state index contributed by atoms with van der Waals surface area (Å²) in [6.45, 7) is 8.19. The molecule has 21 heavy (non-hydrogen) atoms. The number of hydrogen-bond donors (Lipinski definition) is 2. The minimum Gasteiger partial charge on any atom is -0.484 e. The molecule has 116 valence electrons. The molecule has 5 heteroatoms. The lowest BCUT2D eigenvalue weighted by Crippen LogP contribution is -2.43. The van der Waals surface area contributed by atoms with Crippen molar-refractivity contribution in [2.24, 2.45) is 0 Å². The number of ether oxygens (including phenoxy) is 1. The molecule has 1 fully saturated rings. The van der Waals surface area contributed by atoms with Gasteiger partial charge in [-0.05, 0) is 37.6 Å². The number of hydrogen-bond acceptors (Lipinski definition) is 4. The molecular formula is C16H25N3O2. The fourth-order valence-corrected chi connectivity index (χ4v) is 2.24. The maximum Gasteiger partial charge on any atom is 0.258 e. The molecule has 1 aliphatic rings. The average molecular weight is 291 g/mol. The van der Waals surface area contributed by atoms with E-state index in [2.05, 4.69) is 15.5 Å². The lowest BCUT2D eigenvalue weighted by atomic mass is 10.2. The smallest absolute Gasteiger partial charge is 0.258 e. The Bertz CT molecular complexity index is 441. The highest BCUT2D eigenvalue weighted by atomic mass is 16.5. The number of amides is 1. The van der Waals surface area contributed by atoms with Crippen molar-refractivity contribution in [3.8, 4) is 5.75 Å². The third kappa shape index (κ3) is 4.93. The maximum absolute atomic E-state index is 11.6. The Hall–Kier alpha value is -1.75. The van der Waals surface area contributed by atoms with Crippen LogP contribution in [0.2, 0.25) is 0 Å². The highest BCUT2D eigenvalue weighted by molar-refractivity contribution is 5.77. The minimum atomic E-state index is -0.0736. The summed E-state index contributed by atoms with van der Waals surface area (Å²) in [5.41, 5.74) is 1.20. The van der Waals surface area contributed by atoms with Gasteiger partial charge in [-0.3, -0.25) is 4.79 Å². The lowest BCUT2D eigenvalue weighted by Gasteiger charge is -2.29. The zero-order valence-corrected chi connectivity index (χ0v) is 12.9. The first-order valence-electron chi connectivity index (χ1n) is 7.67. The van der Waals surface area contributed by atoms with Crippen molar-refractivity contribution < 1.29 is 9.53 Å². The van der Waals surface area contributed by atoms with Gasteiger partial charge in [-0.1, -0.05) is 6.92 Å². The first-order chi connectivity index (χ1) is 10.2. The van der Waals surface area contributed by atoms with Crippen LogP contribution in [0.5, 0.6) is 5.75 Å². The van der Waals surface area contributed by atoms with Crippen LogP contribution in [0, 0.1) is 0 Å². The molecule has 0 aromatic heterocycles. The van der Waals surface area contributed by atoms with Crippen LogP contribution in [0.3, 0.4) is 0 Å². The molecule has 1 unspecified atom stereocenters. The fourth-order valence-electron chi connectivity index (χ4n) is 2.24. The predicted octanol–water partition coefficient (Wildman–Crippen LogP) is 1.39. The van der Waals surface area contributed by atoms with E-state index in [1.807, 2.05) is 38.1 Å². The zero-order valence-electron chi connectivity index (χ0n) is 12.9. The molecule has 0 spiro atoms. The predicted molar refractivity (Wildman–Crippen MR) is 84.9 cm³/mol. The summed E-state index contributed by atoms with van der Waals surface area (Å²) in [5, 5.41) is 6.22. The summed E-state index contributed by atoms with van der Waals surface area (Å²) in [6.07, 6.45) is 0.922. The number of piperazine rings is 1. The van der Waals surface area contributed by atoms with E-state index in [0.717, 1.165) is 38.3 Å². The summed E-state index contributed by atoms with van der Waals surface area (Å²) in [4.78, 5) is 14.0. The van der Waals surface area contributed by atoms with E-state index in [1.165, 1.54) is 5.69 Å². The molecule has 1 saturated heterocycles. The van der Waals surface area contributed by atoms with Crippen molar-refractivity contribution in [2.45, 2.75) is 26.3 Å². The molecule has 5 nitrogen and oxygen atoms in total. The monoisotopic (exact) mass is 291 g/mol. The molecule has 0 radical (unpaired) electrons. The van der Waals surface area contributed by atoms with Gasteiger partial charge in [-0.25, -0.2) is 0 Å². The van der Waals surface area contributed by atoms with Crippen LogP contribution < -0.4 is 20.3 Å². The van der Waals surface area contributed by atoms with Crippen molar-refractivity contribution >= 4 is 11.6 Å². The van der Waals surface area contributed by atoms with Crippen molar-refractivity contribution in [1.82, 2.24) is 10.6 Å². The molecule has 2 rings (SSSR count). The largest absolute Gasteiger partial charge is 0.484 e. The Morgan fingerprint density at radius 1 is 1.33 bits per heavy atom. The Morgan fingerprint density at radius 2 is 2.00 bits per heavy atom. The molecule has 1 aromatic carbocycles. The van der Waals surface area contributed by atoms with Gasteiger partial charge < -0.3 is 20.3 Å². The molecular weight excluding hydrogens is 266 g/mol. The van der Waals surface area contributed by atoms with Crippen molar-refractivity contribution in [3.63, 3.8) is 0 Å². The van der Waals surface area contributed by atoms with Gasteiger partial charge in [0, 0.05) is 37.9 Å². The zero-order chi connectivity index (χ0) is 15.1. The molecule has 0 aliphatic carbocycles. The second-order valence-electron chi connectivity index (χ2n) is 5.40. The van der Waals surface area contributed by atoms with Crippen LogP contribution in [0.1, 0.15) is 20.3 Å². The van der Waals surface area contributed by atoms with E-state index in [4.69, 9.17) is 4.74 Å². The van der Waals surface area contributed by atoms with Crippen LogP contribution in [-0.2, 0) is 4.79 Å². The van der Waals surface area contributed by atoms with Gasteiger partial charge >= 0.3 is 0 Å². The SMILES string of the molecule is CCC(C)NC(=O)COc1ccc(N2CCNCC2)cc1. The van der Waals surface area contributed by atoms with E-state index in [9.17, 15) is 4.79 Å². The summed E-state index contributed by atoms with van der Waals surface area (Å²) in [6, 6.07) is 8.14. The number of anilines is 1. The number of carbonyl (C=O) groups excluding carboxylic acids is 1. The van der Waals surface area contributed by atoms with Crippen LogP contribution in [0.4, 0.5) is 5.69 Å². The summed E-state index contributed by atoms with van der Waals surface area (Å²) < 4.78 is 5.51. The molecule has 1 heterocycles. The molecule has 1 aromatic rings. The first-order valence-corrected chi connectivity index (χ1v) is 7.67. The molecule has 0 bridgehead atoms. The average Bonchev–Trinajstić information content (AvgIpc) is 2.54. The van der Waals surface area contributed by atoms with Gasteiger partial charge in [0.05, 0.1) is 0 Å². The first kappa shape index (κ1) is 15.6. The van der Waals surface area contributed by atoms with Crippen LogP contribution in [0.25, 0.3) is 0 Å². The Balaban J connectivity index is 1.80. The van der Waals surface area contributed by atoms with E-state index in [-0.39, 0.29) is 18.6 Å². The number of carbonyl (C=O) groups is 1. The number of rotatable bonds is 6.